The standard InChI is InChI=1S/C18H27N5O4/c1-12(24)10-23-11-18(3-2-15(23)26)4-6-22(7-5-18)16(27)9-13-8-14(25)21-17(19)20-13/h8,12,24H,2-7,9-11H2,1H3,(H3,19,20,21,25). The summed E-state index contributed by atoms with van der Waals surface area (Å²) in [5, 5.41) is 9.62. The number of aliphatic hydroxyl groups excluding tert-OH is 1. The number of hydrogen-bond donors (Lipinski definition) is 3. The monoisotopic (exact) mass is 377 g/mol. The minimum Gasteiger partial charge on any atom is -0.392 e. The van der Waals surface area contributed by atoms with Crippen molar-refractivity contribution in [1.82, 2.24) is 19.8 Å². The Bertz CT molecular complexity index is 767. The molecule has 1 unspecified atom stereocenters. The number of likely N-dealkylation sites (tertiary alicyclic amines) is 2. The first-order chi connectivity index (χ1) is 12.8. The number of carbonyl (C=O) groups is 2. The Hall–Kier alpha value is -2.42. The van der Waals surface area contributed by atoms with Gasteiger partial charge in [-0.05, 0) is 31.6 Å². The lowest BCUT2D eigenvalue weighted by atomic mass is 9.72. The van der Waals surface area contributed by atoms with Crippen LogP contribution in [0.25, 0.3) is 0 Å². The number of β-amino-alcohol motifs (C(OH)–C–C–N with tert-alkyl or cyclic N) is 1. The number of H-pyrrole nitrogens is 1. The van der Waals surface area contributed by atoms with Crippen molar-refractivity contribution < 1.29 is 14.7 Å². The molecule has 3 heterocycles. The molecule has 1 aromatic heterocycles. The predicted octanol–water partition coefficient (Wildman–Crippen LogP) is -0.493. The number of carbonyl (C=O) groups excluding carboxylic acids is 2. The summed E-state index contributed by atoms with van der Waals surface area (Å²) in [5.41, 5.74) is 5.54. The summed E-state index contributed by atoms with van der Waals surface area (Å²) in [7, 11) is 0. The normalized spacial score (nSPS) is 20.7. The van der Waals surface area contributed by atoms with Gasteiger partial charge in [0.05, 0.1) is 18.2 Å². The predicted molar refractivity (Wildman–Crippen MR) is 98.7 cm³/mol. The van der Waals surface area contributed by atoms with E-state index >= 15 is 0 Å². The van der Waals surface area contributed by atoms with E-state index in [1.807, 2.05) is 0 Å². The number of nitrogens with two attached hydrogens (primary N) is 1. The highest BCUT2D eigenvalue weighted by atomic mass is 16.3. The van der Waals surface area contributed by atoms with Crippen LogP contribution in [0.3, 0.4) is 0 Å². The van der Waals surface area contributed by atoms with Crippen molar-refractivity contribution >= 4 is 17.8 Å². The molecule has 0 saturated carbocycles. The third-order valence-electron chi connectivity index (χ3n) is 5.55. The summed E-state index contributed by atoms with van der Waals surface area (Å²) >= 11 is 0. The number of anilines is 1. The third kappa shape index (κ3) is 4.65. The number of nitrogens with zero attached hydrogens (tertiary/aromatic N) is 3. The summed E-state index contributed by atoms with van der Waals surface area (Å²) in [5.74, 6) is 0.0287. The minimum atomic E-state index is -0.542. The van der Waals surface area contributed by atoms with Crippen LogP contribution >= 0.6 is 0 Å². The first-order valence-electron chi connectivity index (χ1n) is 9.36. The molecule has 3 rings (SSSR count). The number of nitrogens with one attached hydrogen (secondary N) is 1. The fourth-order valence-electron chi connectivity index (χ4n) is 4.11. The highest BCUT2D eigenvalue weighted by molar-refractivity contribution is 5.79. The Labute approximate surface area is 157 Å². The fraction of sp³-hybridized carbons (Fsp3) is 0.667. The van der Waals surface area contributed by atoms with E-state index in [9.17, 15) is 19.5 Å². The summed E-state index contributed by atoms with van der Waals surface area (Å²) in [6.07, 6.45) is 2.49. The van der Waals surface area contributed by atoms with Gasteiger partial charge in [-0.2, -0.15) is 0 Å². The zero-order chi connectivity index (χ0) is 19.6. The maximum absolute atomic E-state index is 12.6. The molecule has 2 amide bonds. The summed E-state index contributed by atoms with van der Waals surface area (Å²) in [6, 6.07) is 1.29. The zero-order valence-electron chi connectivity index (χ0n) is 15.6. The van der Waals surface area contributed by atoms with E-state index in [-0.39, 0.29) is 35.2 Å². The Morgan fingerprint density at radius 3 is 2.70 bits per heavy atom. The maximum atomic E-state index is 12.6. The van der Waals surface area contributed by atoms with Gasteiger partial charge in [-0.15, -0.1) is 0 Å². The number of aromatic nitrogens is 2. The van der Waals surface area contributed by atoms with E-state index in [4.69, 9.17) is 5.73 Å². The van der Waals surface area contributed by atoms with Crippen molar-refractivity contribution in [2.75, 3.05) is 31.9 Å². The molecule has 148 valence electrons. The van der Waals surface area contributed by atoms with Gasteiger partial charge in [0.25, 0.3) is 5.56 Å². The van der Waals surface area contributed by atoms with Gasteiger partial charge in [0, 0.05) is 38.7 Å². The Balaban J connectivity index is 1.58. The SMILES string of the molecule is CC(O)CN1CC2(CCC1=O)CCN(C(=O)Cc1cc(=O)[nH]c(N)n1)CC2. The van der Waals surface area contributed by atoms with E-state index in [0.717, 1.165) is 19.3 Å². The van der Waals surface area contributed by atoms with Crippen LogP contribution in [-0.4, -0.2) is 69.0 Å². The first-order valence-corrected chi connectivity index (χ1v) is 9.36. The van der Waals surface area contributed by atoms with Crippen LogP contribution in [0.5, 0.6) is 0 Å². The molecule has 0 radical (unpaired) electrons. The molecule has 4 N–H and O–H groups in total. The average Bonchev–Trinajstić information content (AvgIpc) is 2.57. The molecule has 2 fully saturated rings. The topological polar surface area (TPSA) is 133 Å². The lowest BCUT2D eigenvalue weighted by Crippen LogP contribution is -2.53. The Kier molecular flexibility index (Phi) is 5.50. The van der Waals surface area contributed by atoms with Crippen molar-refractivity contribution in [2.45, 2.75) is 45.1 Å². The largest absolute Gasteiger partial charge is 0.392 e. The van der Waals surface area contributed by atoms with Crippen LogP contribution in [0.2, 0.25) is 0 Å². The molecule has 1 atom stereocenters. The van der Waals surface area contributed by atoms with E-state index < -0.39 is 6.10 Å². The van der Waals surface area contributed by atoms with Crippen molar-refractivity contribution in [3.8, 4) is 0 Å². The van der Waals surface area contributed by atoms with Gasteiger partial charge < -0.3 is 20.6 Å². The quantitative estimate of drug-likeness (QED) is 0.648. The molecule has 2 aliphatic heterocycles. The number of aromatic amines is 1. The van der Waals surface area contributed by atoms with Crippen molar-refractivity contribution in [3.63, 3.8) is 0 Å². The van der Waals surface area contributed by atoms with E-state index in [0.29, 0.717) is 38.3 Å². The van der Waals surface area contributed by atoms with Gasteiger partial charge >= 0.3 is 0 Å². The number of amides is 2. The van der Waals surface area contributed by atoms with Crippen molar-refractivity contribution in [2.24, 2.45) is 5.41 Å². The van der Waals surface area contributed by atoms with Crippen LogP contribution < -0.4 is 11.3 Å². The fourth-order valence-corrected chi connectivity index (χ4v) is 4.11. The average molecular weight is 377 g/mol. The third-order valence-corrected chi connectivity index (χ3v) is 5.55. The summed E-state index contributed by atoms with van der Waals surface area (Å²) < 4.78 is 0. The van der Waals surface area contributed by atoms with Crippen LogP contribution in [0.1, 0.15) is 38.3 Å². The summed E-state index contributed by atoms with van der Waals surface area (Å²) in [6.45, 7) is 3.93. The zero-order valence-corrected chi connectivity index (χ0v) is 15.6. The molecule has 9 heteroatoms. The van der Waals surface area contributed by atoms with E-state index in [1.54, 1.807) is 16.7 Å². The second kappa shape index (κ2) is 7.67. The second-order valence-corrected chi connectivity index (χ2v) is 7.80. The number of piperidine rings is 2. The van der Waals surface area contributed by atoms with E-state index in [1.165, 1.54) is 6.07 Å². The molecule has 2 aliphatic rings. The second-order valence-electron chi connectivity index (χ2n) is 7.80. The molecule has 1 aromatic rings. The van der Waals surface area contributed by atoms with Gasteiger partial charge in [-0.3, -0.25) is 19.4 Å². The molecule has 2 saturated heterocycles. The van der Waals surface area contributed by atoms with Crippen molar-refractivity contribution in [3.05, 3.63) is 22.1 Å². The van der Waals surface area contributed by atoms with Crippen LogP contribution in [0, 0.1) is 5.41 Å². The molecule has 0 aliphatic carbocycles. The lowest BCUT2D eigenvalue weighted by Gasteiger charge is -2.47. The van der Waals surface area contributed by atoms with Gasteiger partial charge in [0.2, 0.25) is 17.8 Å². The molecule has 0 aromatic carbocycles. The highest BCUT2D eigenvalue weighted by Crippen LogP contribution is 2.40. The van der Waals surface area contributed by atoms with Crippen LogP contribution in [0.4, 0.5) is 5.95 Å². The van der Waals surface area contributed by atoms with Gasteiger partial charge in [0.15, 0.2) is 0 Å². The Morgan fingerprint density at radius 2 is 2.07 bits per heavy atom. The van der Waals surface area contributed by atoms with Gasteiger partial charge in [0.1, 0.15) is 0 Å². The summed E-state index contributed by atoms with van der Waals surface area (Å²) in [4.78, 5) is 46.0. The first kappa shape index (κ1) is 19.3. The number of nitrogen functional groups attached to an aromatic ring is 1. The number of aliphatic hydroxyl groups is 1. The lowest BCUT2D eigenvalue weighted by molar-refractivity contribution is -0.143. The van der Waals surface area contributed by atoms with Crippen molar-refractivity contribution in [1.29, 1.82) is 0 Å². The van der Waals surface area contributed by atoms with Crippen LogP contribution in [0.15, 0.2) is 10.9 Å². The van der Waals surface area contributed by atoms with Crippen LogP contribution in [-0.2, 0) is 16.0 Å². The molecular formula is C18H27N5O4. The molecule has 27 heavy (non-hydrogen) atoms. The number of rotatable bonds is 4. The van der Waals surface area contributed by atoms with Gasteiger partial charge in [-0.1, -0.05) is 0 Å². The molecule has 0 bridgehead atoms. The highest BCUT2D eigenvalue weighted by Gasteiger charge is 2.41. The van der Waals surface area contributed by atoms with Gasteiger partial charge in [-0.25, -0.2) is 4.98 Å². The number of hydrogen-bond acceptors (Lipinski definition) is 6. The minimum absolute atomic E-state index is 0.00738. The molecular weight excluding hydrogens is 350 g/mol. The van der Waals surface area contributed by atoms with E-state index in [2.05, 4.69) is 9.97 Å². The smallest absolute Gasteiger partial charge is 0.252 e. The maximum Gasteiger partial charge on any atom is 0.252 e. The molecule has 9 nitrogen and oxygen atoms in total. The molecule has 1 spiro atoms. The Morgan fingerprint density at radius 1 is 1.37 bits per heavy atom.